The van der Waals surface area contributed by atoms with E-state index >= 15 is 0 Å². The van der Waals surface area contributed by atoms with E-state index in [1.807, 2.05) is 0 Å². The summed E-state index contributed by atoms with van der Waals surface area (Å²) < 4.78 is 39.7. The lowest BCUT2D eigenvalue weighted by Crippen LogP contribution is -2.21. The van der Waals surface area contributed by atoms with Crippen molar-refractivity contribution >= 4 is 11.8 Å². The lowest BCUT2D eigenvalue weighted by molar-refractivity contribution is -0.165. The minimum atomic E-state index is -5.01. The molecule has 0 aliphatic rings. The number of rotatable bonds is 4. The van der Waals surface area contributed by atoms with Crippen molar-refractivity contribution in [2.45, 2.75) is 13.1 Å². The molecule has 16 heavy (non-hydrogen) atoms. The number of hydrogen-bond acceptors (Lipinski definition) is 4. The van der Waals surface area contributed by atoms with Crippen LogP contribution in [-0.4, -0.2) is 24.5 Å². The van der Waals surface area contributed by atoms with Gasteiger partial charge in [0.1, 0.15) is 0 Å². The maximum absolute atomic E-state index is 11.8. The fourth-order valence-corrected chi connectivity index (χ4v) is 0.684. The van der Waals surface area contributed by atoms with Crippen LogP contribution in [0.4, 0.5) is 13.2 Å². The Morgan fingerprint density at radius 2 is 2.06 bits per heavy atom. The molecule has 0 N–H and O–H groups in total. The third-order valence-electron chi connectivity index (χ3n) is 1.40. The van der Waals surface area contributed by atoms with Crippen LogP contribution in [-0.2, 0) is 14.3 Å². The third-order valence-corrected chi connectivity index (χ3v) is 1.40. The molecule has 0 aliphatic heterocycles. The van der Waals surface area contributed by atoms with E-state index in [1.165, 1.54) is 13.0 Å². The van der Waals surface area contributed by atoms with Gasteiger partial charge in [-0.25, -0.2) is 0 Å². The number of ketones is 1. The summed E-state index contributed by atoms with van der Waals surface area (Å²) >= 11 is 0. The predicted molar refractivity (Wildman–Crippen MR) is 45.9 cm³/mol. The van der Waals surface area contributed by atoms with Crippen LogP contribution in [0.3, 0.4) is 0 Å². The van der Waals surface area contributed by atoms with E-state index in [1.54, 1.807) is 0 Å². The van der Waals surface area contributed by atoms with Gasteiger partial charge in [0, 0.05) is 0 Å². The molecule has 0 aromatic rings. The minimum absolute atomic E-state index is 0.00191. The molecule has 0 aromatic carbocycles. The van der Waals surface area contributed by atoms with Gasteiger partial charge in [0.15, 0.2) is 5.92 Å². The molecule has 0 fully saturated rings. The topological polar surface area (TPSA) is 67.2 Å². The molecule has 1 unspecified atom stereocenters. The Labute approximate surface area is 89.3 Å². The monoisotopic (exact) mass is 235 g/mol. The zero-order chi connectivity index (χ0) is 12.8. The van der Waals surface area contributed by atoms with Crippen LogP contribution in [0.15, 0.2) is 12.2 Å². The van der Waals surface area contributed by atoms with Gasteiger partial charge < -0.3 is 4.74 Å². The van der Waals surface area contributed by atoms with Crippen LogP contribution >= 0.6 is 0 Å². The van der Waals surface area contributed by atoms with E-state index in [0.29, 0.717) is 6.08 Å². The molecule has 0 saturated heterocycles. The molecule has 4 nitrogen and oxygen atoms in total. The summed E-state index contributed by atoms with van der Waals surface area (Å²) in [4.78, 5) is 21.3. The van der Waals surface area contributed by atoms with Crippen molar-refractivity contribution in [3.8, 4) is 6.07 Å². The summed E-state index contributed by atoms with van der Waals surface area (Å²) in [6.07, 6.45) is -4.30. The first-order valence-corrected chi connectivity index (χ1v) is 4.18. The van der Waals surface area contributed by atoms with Gasteiger partial charge in [-0.3, -0.25) is 9.59 Å². The van der Waals surface area contributed by atoms with Crippen molar-refractivity contribution in [2.24, 2.45) is 5.92 Å². The normalized spacial score (nSPS) is 13.2. The van der Waals surface area contributed by atoms with Crippen LogP contribution in [0.25, 0.3) is 0 Å². The number of carbonyl (C=O) groups is 2. The van der Waals surface area contributed by atoms with Crippen molar-refractivity contribution in [2.75, 3.05) is 6.61 Å². The highest BCUT2D eigenvalue weighted by molar-refractivity contribution is 5.95. The Morgan fingerprint density at radius 3 is 2.44 bits per heavy atom. The lowest BCUT2D eigenvalue weighted by atomic mass is 10.1. The summed E-state index contributed by atoms with van der Waals surface area (Å²) in [6, 6.07) is 1.41. The van der Waals surface area contributed by atoms with E-state index in [0.717, 1.165) is 0 Å². The maximum atomic E-state index is 11.8. The molecule has 0 rings (SSSR count). The highest BCUT2D eigenvalue weighted by atomic mass is 19.4. The van der Waals surface area contributed by atoms with Crippen LogP contribution in [0.2, 0.25) is 0 Å². The smallest absolute Gasteiger partial charge is 0.454 e. The fraction of sp³-hybridized carbons (Fsp3) is 0.444. The number of halogens is 3. The molecule has 88 valence electrons. The van der Waals surface area contributed by atoms with Gasteiger partial charge in [-0.15, -0.1) is 0 Å². The Balaban J connectivity index is 4.57. The van der Waals surface area contributed by atoms with Crippen LogP contribution in [0, 0.1) is 17.2 Å². The van der Waals surface area contributed by atoms with E-state index in [2.05, 4.69) is 4.74 Å². The van der Waals surface area contributed by atoms with Gasteiger partial charge in [-0.05, 0) is 13.0 Å². The molecule has 0 bridgehead atoms. The van der Waals surface area contributed by atoms with Crippen molar-refractivity contribution in [3.05, 3.63) is 12.2 Å². The second-order valence-electron chi connectivity index (χ2n) is 2.58. The zero-order valence-corrected chi connectivity index (χ0v) is 8.25. The van der Waals surface area contributed by atoms with Crippen molar-refractivity contribution in [3.63, 3.8) is 0 Å². The van der Waals surface area contributed by atoms with Crippen LogP contribution < -0.4 is 0 Å². The maximum Gasteiger partial charge on any atom is 0.454 e. The Hall–Kier alpha value is -1.84. The van der Waals surface area contributed by atoms with Gasteiger partial charge in [-0.2, -0.15) is 18.4 Å². The predicted octanol–water partition coefficient (Wildman–Crippen LogP) is 1.38. The average Bonchev–Trinajstić information content (AvgIpc) is 2.17. The molecule has 0 heterocycles. The van der Waals surface area contributed by atoms with Gasteiger partial charge in [0.2, 0.25) is 0 Å². The minimum Gasteiger partial charge on any atom is -0.465 e. The summed E-state index contributed by atoms with van der Waals surface area (Å²) in [7, 11) is 0. The van der Waals surface area contributed by atoms with Crippen LogP contribution in [0.5, 0.6) is 0 Å². The van der Waals surface area contributed by atoms with Crippen LogP contribution in [0.1, 0.15) is 6.92 Å². The van der Waals surface area contributed by atoms with Gasteiger partial charge in [0.25, 0.3) is 5.78 Å². The molecule has 0 saturated carbocycles. The quantitative estimate of drug-likeness (QED) is 0.545. The summed E-state index contributed by atoms with van der Waals surface area (Å²) in [6.45, 7) is 1.48. The molecule has 7 heteroatoms. The molecule has 0 amide bonds. The Morgan fingerprint density at radius 1 is 1.50 bits per heavy atom. The lowest BCUT2D eigenvalue weighted by Gasteiger charge is -2.03. The van der Waals surface area contributed by atoms with Gasteiger partial charge in [0.05, 0.1) is 12.7 Å². The third kappa shape index (κ3) is 4.59. The number of nitrogens with zero attached hydrogens (tertiary/aromatic N) is 1. The number of ether oxygens (including phenoxy) is 1. The second kappa shape index (κ2) is 5.90. The molecule has 0 aliphatic carbocycles. The van der Waals surface area contributed by atoms with E-state index in [4.69, 9.17) is 5.26 Å². The van der Waals surface area contributed by atoms with Crippen molar-refractivity contribution in [1.82, 2.24) is 0 Å². The number of carbonyl (C=O) groups excluding carboxylic acids is 2. The molecule has 0 radical (unpaired) electrons. The standard InChI is InChI=1S/C9H8F3NO3/c1-2-16-8(15)6(5-13)3-4-7(14)9(10,11)12/h3-4,6H,2H2,1H3/b4-3-. The van der Waals surface area contributed by atoms with Gasteiger partial charge >= 0.3 is 12.1 Å². The first-order chi connectivity index (χ1) is 7.32. The first kappa shape index (κ1) is 14.2. The summed E-state index contributed by atoms with van der Waals surface area (Å²) in [5.74, 6) is -4.63. The molecule has 0 spiro atoms. The second-order valence-corrected chi connectivity index (χ2v) is 2.58. The number of alkyl halides is 3. The molecular weight excluding hydrogens is 227 g/mol. The largest absolute Gasteiger partial charge is 0.465 e. The highest BCUT2D eigenvalue weighted by Gasteiger charge is 2.36. The van der Waals surface area contributed by atoms with E-state index in [9.17, 15) is 22.8 Å². The van der Waals surface area contributed by atoms with Crippen molar-refractivity contribution in [1.29, 1.82) is 5.26 Å². The van der Waals surface area contributed by atoms with E-state index in [-0.39, 0.29) is 12.7 Å². The SMILES string of the molecule is CCOC(=O)C(C#N)/C=C\C(=O)C(F)(F)F. The molecule has 1 atom stereocenters. The zero-order valence-electron chi connectivity index (χ0n) is 8.25. The number of allylic oxidation sites excluding steroid dienone is 1. The molecule has 0 aromatic heterocycles. The Bertz CT molecular complexity index is 341. The van der Waals surface area contributed by atoms with Crippen molar-refractivity contribution < 1.29 is 27.5 Å². The van der Waals surface area contributed by atoms with E-state index < -0.39 is 23.8 Å². The first-order valence-electron chi connectivity index (χ1n) is 4.18. The fourth-order valence-electron chi connectivity index (χ4n) is 0.684. The number of esters is 1. The Kier molecular flexibility index (Phi) is 5.22. The average molecular weight is 235 g/mol. The van der Waals surface area contributed by atoms with Gasteiger partial charge in [-0.1, -0.05) is 6.08 Å². The molecular formula is C9H8F3NO3. The number of nitriles is 1. The summed E-state index contributed by atoms with van der Waals surface area (Å²) in [5.41, 5.74) is 0. The highest BCUT2D eigenvalue weighted by Crippen LogP contribution is 2.17. The summed E-state index contributed by atoms with van der Waals surface area (Å²) in [5, 5.41) is 8.44. The number of hydrogen-bond donors (Lipinski definition) is 0.